The van der Waals surface area contributed by atoms with Crippen molar-refractivity contribution in [1.82, 2.24) is 0 Å². The van der Waals surface area contributed by atoms with Gasteiger partial charge in [-0.1, -0.05) is 0 Å². The Balaban J connectivity index is 1.02. The molecule has 0 heterocycles. The largest absolute Gasteiger partial charge is 0.465 e. The number of carbonyl (C=O) groups is 6. The lowest BCUT2D eigenvalue weighted by atomic mass is 9.94. The van der Waals surface area contributed by atoms with Crippen LogP contribution in [0.5, 0.6) is 0 Å². The van der Waals surface area contributed by atoms with Crippen molar-refractivity contribution in [2.24, 2.45) is 10.2 Å². The van der Waals surface area contributed by atoms with Crippen LogP contribution < -0.4 is 32.1 Å². The van der Waals surface area contributed by atoms with Crippen LogP contribution >= 0.6 is 0 Å². The molecule has 0 atom stereocenters. The lowest BCUT2D eigenvalue weighted by Gasteiger charge is -2.17. The Kier molecular flexibility index (Phi) is 12.5. The molecule has 0 bridgehead atoms. The van der Waals surface area contributed by atoms with Crippen molar-refractivity contribution in [3.8, 4) is 0 Å². The number of amides is 4. The fraction of sp³-hybridized carbons (Fsp3) is 0.0233. The van der Waals surface area contributed by atoms with Crippen molar-refractivity contribution in [2.45, 2.75) is 6.92 Å². The number of carbonyl (C=O) groups excluding carboxylic acids is 5. The Morgan fingerprint density at radius 2 is 0.833 bits per heavy atom. The molecule has 0 fully saturated rings. The van der Waals surface area contributed by atoms with Gasteiger partial charge in [0.05, 0.1) is 11.4 Å². The third-order valence-electron chi connectivity index (χ3n) is 9.48. The van der Waals surface area contributed by atoms with Gasteiger partial charge < -0.3 is 21.1 Å². The van der Waals surface area contributed by atoms with Crippen molar-refractivity contribution >= 4 is 113 Å². The first-order valence-electron chi connectivity index (χ1n) is 18.9. The molecule has 2 aliphatic carbocycles. The summed E-state index contributed by atoms with van der Waals surface area (Å²) >= 11 is 0. The molecule has 5 aromatic carbocycles. The van der Waals surface area contributed by atoms with Gasteiger partial charge in [0, 0.05) is 51.9 Å². The number of rotatable bonds is 12. The second-order valence-corrected chi connectivity index (χ2v) is 16.9. The molecule has 0 saturated heterocycles. The molecule has 5 aromatic rings. The Morgan fingerprint density at radius 3 is 1.18 bits per heavy atom. The lowest BCUT2D eigenvalue weighted by molar-refractivity contribution is -0.114. The summed E-state index contributed by atoms with van der Waals surface area (Å²) in [5.74, 6) is -3.31. The van der Waals surface area contributed by atoms with Crippen molar-refractivity contribution in [2.75, 3.05) is 32.1 Å². The Labute approximate surface area is 373 Å². The van der Waals surface area contributed by atoms with E-state index in [9.17, 15) is 54.7 Å². The molecule has 66 heavy (non-hydrogen) atoms. The van der Waals surface area contributed by atoms with Gasteiger partial charge in [0.1, 0.15) is 9.81 Å². The standard InChI is InChI=1S/C43H32N8O13S2/c1-22(52)44-27-6-10-29(11-7-27)48-50-37-35(65(59,60)61)20-25-18-31(14-16-33(25)39(37)53)45-41(55)23-2-4-24(5-3-23)42(56)46-32-15-17-34-26(19-32)21-36(66(62,63)64)38(40(34)54)51-49-30-12-8-28(9-13-30)47-43(57)58/h2-21,47-49H,1H3,(H,44,52)(H,45,55)(H,46,56)(H,57,58)(H,59,60,61)(H,62,63,64)/b50-37-,51-38-. The van der Waals surface area contributed by atoms with Gasteiger partial charge in [-0.05, 0) is 132 Å². The van der Waals surface area contributed by atoms with Crippen LogP contribution in [0.3, 0.4) is 0 Å². The molecular formula is C43H32N8O13S2. The molecular weight excluding hydrogens is 901 g/mol. The smallest absolute Gasteiger partial charge is 0.409 e. The summed E-state index contributed by atoms with van der Waals surface area (Å²) in [6, 6.07) is 25.1. The third-order valence-corrected chi connectivity index (χ3v) is 11.2. The van der Waals surface area contributed by atoms with Crippen molar-refractivity contribution in [1.29, 1.82) is 0 Å². The lowest BCUT2D eigenvalue weighted by Crippen LogP contribution is -2.27. The van der Waals surface area contributed by atoms with Crippen molar-refractivity contribution in [3.63, 3.8) is 0 Å². The van der Waals surface area contributed by atoms with Crippen molar-refractivity contribution < 1.29 is 59.8 Å². The van der Waals surface area contributed by atoms with Crippen LogP contribution in [0.25, 0.3) is 12.2 Å². The second kappa shape index (κ2) is 18.2. The summed E-state index contributed by atoms with van der Waals surface area (Å²) < 4.78 is 69.4. The molecule has 0 aromatic heterocycles. The van der Waals surface area contributed by atoms with Crippen LogP contribution in [0.2, 0.25) is 0 Å². The SMILES string of the molecule is CC(=O)Nc1ccc(N/N=C2\C(=O)c3ccc(NC(=O)c4ccc(C(=O)Nc5ccc6c(c5)C=C(S(=O)(=O)O)/C(=N/Nc5ccc(NC(=O)O)cc5)C6=O)cc4)cc3C=C2S(=O)(=O)O)cc1. The normalized spacial score (nSPS) is 14.5. The molecule has 0 saturated carbocycles. The fourth-order valence-corrected chi connectivity index (χ4v) is 7.76. The molecule has 7 rings (SSSR count). The maximum absolute atomic E-state index is 13.4. The summed E-state index contributed by atoms with van der Waals surface area (Å²) in [4.78, 5) is 73.8. The minimum atomic E-state index is -5.00. The zero-order chi connectivity index (χ0) is 47.5. The van der Waals surface area contributed by atoms with Crippen LogP contribution in [0.4, 0.5) is 38.9 Å². The third kappa shape index (κ3) is 10.4. The summed E-state index contributed by atoms with van der Waals surface area (Å²) in [5.41, 5.74) is 5.70. The first kappa shape index (κ1) is 45.4. The maximum atomic E-state index is 13.4. The van der Waals surface area contributed by atoms with E-state index in [1.54, 1.807) is 12.1 Å². The monoisotopic (exact) mass is 932 g/mol. The van der Waals surface area contributed by atoms with Crippen LogP contribution in [0.1, 0.15) is 59.5 Å². The van der Waals surface area contributed by atoms with E-state index in [1.165, 1.54) is 104 Å². The predicted octanol–water partition coefficient (Wildman–Crippen LogP) is 6.03. The Morgan fingerprint density at radius 1 is 0.485 bits per heavy atom. The number of Topliss-reactive ketones (excluding diaryl/α,β-unsaturated/α-hetero) is 2. The molecule has 0 aliphatic heterocycles. The first-order valence-corrected chi connectivity index (χ1v) is 21.8. The highest BCUT2D eigenvalue weighted by Gasteiger charge is 2.34. The molecule has 0 spiro atoms. The van der Waals surface area contributed by atoms with E-state index in [2.05, 4.69) is 42.3 Å². The summed E-state index contributed by atoms with van der Waals surface area (Å²) in [7, 11) is -9.98. The highest BCUT2D eigenvalue weighted by atomic mass is 32.2. The molecule has 2 aliphatic rings. The maximum Gasteiger partial charge on any atom is 0.409 e. The second-order valence-electron chi connectivity index (χ2n) is 14.1. The average molecular weight is 933 g/mol. The van der Waals surface area contributed by atoms with Gasteiger partial charge in [-0.25, -0.2) is 4.79 Å². The van der Waals surface area contributed by atoms with Crippen LogP contribution in [0.15, 0.2) is 129 Å². The van der Waals surface area contributed by atoms with Gasteiger partial charge in [0.15, 0.2) is 11.4 Å². The van der Waals surface area contributed by atoms with Crippen LogP contribution in [-0.2, 0) is 25.0 Å². The number of nitrogens with one attached hydrogen (secondary N) is 6. The molecule has 0 radical (unpaired) electrons. The van der Waals surface area contributed by atoms with E-state index in [0.29, 0.717) is 11.4 Å². The molecule has 21 nitrogen and oxygen atoms in total. The molecule has 9 N–H and O–H groups in total. The highest BCUT2D eigenvalue weighted by Crippen LogP contribution is 2.30. The number of nitrogens with zero attached hydrogens (tertiary/aromatic N) is 2. The Bertz CT molecular complexity index is 3040. The van der Waals surface area contributed by atoms with Gasteiger partial charge in [-0.15, -0.1) is 0 Å². The van der Waals surface area contributed by atoms with E-state index >= 15 is 0 Å². The number of fused-ring (bicyclic) bond motifs is 2. The van der Waals surface area contributed by atoms with E-state index in [1.807, 2.05) is 0 Å². The number of hydrogen-bond donors (Lipinski definition) is 9. The summed E-state index contributed by atoms with van der Waals surface area (Å²) in [5, 5.41) is 26.7. The van der Waals surface area contributed by atoms with Crippen LogP contribution in [0, 0.1) is 0 Å². The minimum Gasteiger partial charge on any atom is -0.465 e. The highest BCUT2D eigenvalue weighted by molar-refractivity contribution is 7.91. The van der Waals surface area contributed by atoms with E-state index in [4.69, 9.17) is 5.11 Å². The zero-order valence-electron chi connectivity index (χ0n) is 33.7. The average Bonchev–Trinajstić information content (AvgIpc) is 3.25. The number of allylic oxidation sites excluding steroid dienone is 2. The van der Waals surface area contributed by atoms with E-state index in [0.717, 1.165) is 12.2 Å². The van der Waals surface area contributed by atoms with Gasteiger partial charge in [-0.2, -0.15) is 27.0 Å². The van der Waals surface area contributed by atoms with E-state index < -0.39 is 70.9 Å². The fourth-order valence-electron chi connectivity index (χ4n) is 6.44. The first-order chi connectivity index (χ1) is 31.2. The van der Waals surface area contributed by atoms with Gasteiger partial charge in [-0.3, -0.25) is 49.2 Å². The summed E-state index contributed by atoms with van der Waals surface area (Å²) in [6.07, 6.45) is 0.740. The molecule has 4 amide bonds. The quantitative estimate of drug-likeness (QED) is 0.0510. The Hall–Kier alpha value is -8.64. The van der Waals surface area contributed by atoms with Gasteiger partial charge >= 0.3 is 6.09 Å². The van der Waals surface area contributed by atoms with Gasteiger partial charge in [0.25, 0.3) is 32.1 Å². The predicted molar refractivity (Wildman–Crippen MR) is 244 cm³/mol. The molecule has 0 unspecified atom stereocenters. The number of ketones is 2. The minimum absolute atomic E-state index is 0.00624. The zero-order valence-corrected chi connectivity index (χ0v) is 35.3. The topological polar surface area (TPSA) is 328 Å². The summed E-state index contributed by atoms with van der Waals surface area (Å²) in [6.45, 7) is 1.34. The number of hydrazone groups is 2. The number of carboxylic acid groups (broad SMARTS) is 1. The number of anilines is 6. The van der Waals surface area contributed by atoms with Gasteiger partial charge in [0.2, 0.25) is 17.5 Å². The van der Waals surface area contributed by atoms with Crippen LogP contribution in [-0.4, -0.2) is 77.9 Å². The number of hydrogen-bond acceptors (Lipinski definition) is 14. The van der Waals surface area contributed by atoms with Crippen molar-refractivity contribution in [3.05, 3.63) is 152 Å². The van der Waals surface area contributed by atoms with E-state index in [-0.39, 0.29) is 62.0 Å². The molecule has 23 heteroatoms. The number of benzene rings is 5. The molecule has 334 valence electrons.